The Hall–Kier alpha value is -1.63. The molecule has 80 heavy (non-hydrogen) atoms. The van der Waals surface area contributed by atoms with Crippen LogP contribution >= 0.6 is 0 Å². The van der Waals surface area contributed by atoms with Crippen LogP contribution in [0.25, 0.3) is 0 Å². The lowest BCUT2D eigenvalue weighted by Gasteiger charge is -2.66. The first-order valence-corrected chi connectivity index (χ1v) is 46.2. The van der Waals surface area contributed by atoms with E-state index in [0.29, 0.717) is 23.4 Å². The number of benzene rings is 1. The van der Waals surface area contributed by atoms with E-state index < -0.39 is 70.4 Å². The van der Waals surface area contributed by atoms with Gasteiger partial charge in [0.15, 0.2) is 0 Å². The molecular weight excluding hydrogens is 1160 g/mol. The SMILES string of the molecule is CCC(=O)Nc1cc(OCc2ccc(C[Si]34O[Si]5(C6CCCC6)O[Si]6(C7CCCC7)O[Si](C7CCCC7)(O3)O[Si]3(C7CCCC7)O[Si](C7CCCC7)(O4)O[Si](C4CCCC4)(O5)O[Si](C4CCCC4)(O6)O3)cc2)cc(NC(=O)CC)n1. The Morgan fingerprint density at radius 1 is 0.412 bits per heavy atom. The first-order chi connectivity index (χ1) is 38.9. The smallest absolute Gasteiger partial charge is 0.483 e. The van der Waals surface area contributed by atoms with Gasteiger partial charge < -0.3 is 64.8 Å². The minimum Gasteiger partial charge on any atom is -0.489 e. The predicted molar refractivity (Wildman–Crippen MR) is 311 cm³/mol. The van der Waals surface area contributed by atoms with E-state index in [2.05, 4.69) is 39.9 Å². The number of ether oxygens (including phenoxy) is 1. The van der Waals surface area contributed by atoms with Crippen LogP contribution in [0.15, 0.2) is 36.4 Å². The molecule has 2 N–H and O–H groups in total. The number of hydrogen-bond donors (Lipinski definition) is 2. The first kappa shape index (κ1) is 56.2. The van der Waals surface area contributed by atoms with Crippen molar-refractivity contribution in [2.24, 2.45) is 0 Å². The van der Waals surface area contributed by atoms with Crippen molar-refractivity contribution in [1.82, 2.24) is 4.98 Å². The Kier molecular flexibility index (Phi) is 15.6. The maximum Gasteiger partial charge on any atom is 0.483 e. The molecule has 8 bridgehead atoms. The molecule has 7 saturated carbocycles. The summed E-state index contributed by atoms with van der Waals surface area (Å²) in [5, 5.41) is 5.65. The van der Waals surface area contributed by atoms with E-state index >= 15 is 0 Å². The maximum atomic E-state index is 12.5. The highest BCUT2D eigenvalue weighted by atomic mass is 28.6. The summed E-state index contributed by atoms with van der Waals surface area (Å²) in [6.45, 7) is 3.78. The molecule has 2 amide bonds. The van der Waals surface area contributed by atoms with Crippen LogP contribution in [-0.2, 0) is 71.6 Å². The Morgan fingerprint density at radius 2 is 0.662 bits per heavy atom. The zero-order valence-corrected chi connectivity index (χ0v) is 55.2. The van der Waals surface area contributed by atoms with Crippen molar-refractivity contribution >= 4 is 93.9 Å². The van der Waals surface area contributed by atoms with Crippen LogP contribution in [0.5, 0.6) is 5.75 Å². The van der Waals surface area contributed by atoms with Crippen LogP contribution in [0.1, 0.15) is 218 Å². The number of pyridine rings is 1. The van der Waals surface area contributed by atoms with Gasteiger partial charge in [-0.2, -0.15) is 0 Å². The summed E-state index contributed by atoms with van der Waals surface area (Å²) < 4.78 is 109. The minimum absolute atomic E-state index is 0.00901. The second-order valence-corrected chi connectivity index (χ2v) is 51.3. The summed E-state index contributed by atoms with van der Waals surface area (Å²) in [5.41, 5.74) is 1.73. The van der Waals surface area contributed by atoms with Crippen molar-refractivity contribution in [3.8, 4) is 5.75 Å². The average Bonchev–Trinajstić information content (AvgIpc) is 4.48. The summed E-state index contributed by atoms with van der Waals surface area (Å²) in [5.74, 6) is 0.694. The van der Waals surface area contributed by atoms with Crippen LogP contribution < -0.4 is 15.4 Å². The van der Waals surface area contributed by atoms with Crippen molar-refractivity contribution in [2.75, 3.05) is 10.6 Å². The van der Waals surface area contributed by atoms with E-state index in [1.54, 1.807) is 26.0 Å². The lowest BCUT2D eigenvalue weighted by molar-refractivity contribution is -0.116. The molecule has 0 unspecified atom stereocenters. The molecule has 1 aromatic carbocycles. The van der Waals surface area contributed by atoms with Crippen LogP contribution in [0.4, 0.5) is 11.6 Å². The molecule has 26 heteroatoms. The molecule has 13 aliphatic rings. The molecule has 2 aromatic rings. The van der Waals surface area contributed by atoms with Gasteiger partial charge >= 0.3 is 70.4 Å². The van der Waals surface area contributed by atoms with Crippen molar-refractivity contribution in [2.45, 2.75) is 258 Å². The topological polar surface area (TPSA) is 191 Å². The second kappa shape index (κ2) is 22.3. The van der Waals surface area contributed by atoms with Crippen molar-refractivity contribution in [3.63, 3.8) is 0 Å². The van der Waals surface area contributed by atoms with Gasteiger partial charge in [0.1, 0.15) is 24.0 Å². The fourth-order valence-corrected chi connectivity index (χ4v) is 72.0. The summed E-state index contributed by atoms with van der Waals surface area (Å²) >= 11 is 0. The number of nitrogens with one attached hydrogen (secondary N) is 2. The third-order valence-corrected chi connectivity index (χ3v) is 59.8. The lowest BCUT2D eigenvalue weighted by Crippen LogP contribution is -2.91. The molecule has 6 saturated heterocycles. The molecule has 0 spiro atoms. The molecule has 6 aliphatic heterocycles. The van der Waals surface area contributed by atoms with Gasteiger partial charge in [-0.05, 0) is 101 Å². The normalized spacial score (nSPS) is 39.2. The van der Waals surface area contributed by atoms with Crippen molar-refractivity contribution < 1.29 is 63.7 Å². The standard InChI is InChI=1S/C54H85N3O15Si8/c1-3-53(58)56-51-37-43(38-52(55-51)57-54(59)4-2)60-39-41-33-35-42(36-34-41)40-73-61-74(44-19-5-6-20-44)64-77(47-25-11-12-26-47)66-75(62-73,45-21-7-8-22-45)68-79(49-29-15-16-30-49)69-76(63-73,46-23-9-10-24-46)67-78(65-74,48-27-13-14-28-48)71-80(70-77,72-79)50-31-17-18-32-50/h33-38,44-50H,3-32,39-40H2,1-2H3,(H2,55,56,57,58,59). The highest BCUT2D eigenvalue weighted by molar-refractivity contribution is 7.04. The van der Waals surface area contributed by atoms with Crippen LogP contribution in [0.3, 0.4) is 0 Å². The fourth-order valence-electron chi connectivity index (χ4n) is 16.1. The number of carbonyl (C=O) groups excluding carboxylic acids is 2. The van der Waals surface area contributed by atoms with E-state index in [0.717, 1.165) is 191 Å². The van der Waals surface area contributed by atoms with Gasteiger partial charge in [-0.15, -0.1) is 0 Å². The van der Waals surface area contributed by atoms with Gasteiger partial charge in [-0.25, -0.2) is 4.98 Å². The largest absolute Gasteiger partial charge is 0.489 e. The monoisotopic (exact) mass is 1240 g/mol. The minimum atomic E-state index is -4.27. The average molecular weight is 1240 g/mol. The number of nitrogens with zero attached hydrogens (tertiary/aromatic N) is 1. The van der Waals surface area contributed by atoms with Crippen LogP contribution in [0.2, 0.25) is 38.8 Å². The zero-order valence-electron chi connectivity index (χ0n) is 47.2. The number of hydrogen-bond acceptors (Lipinski definition) is 16. The van der Waals surface area contributed by atoms with Crippen molar-refractivity contribution in [3.05, 3.63) is 47.5 Å². The van der Waals surface area contributed by atoms with E-state index in [1.807, 2.05) is 0 Å². The number of carbonyl (C=O) groups is 2. The van der Waals surface area contributed by atoms with Gasteiger partial charge in [0, 0.05) is 69.8 Å². The predicted octanol–water partition coefficient (Wildman–Crippen LogP) is 12.8. The summed E-state index contributed by atoms with van der Waals surface area (Å²) in [4.78, 5) is 29.4. The van der Waals surface area contributed by atoms with Gasteiger partial charge in [-0.1, -0.05) is 128 Å². The molecular formula is C54H85N3O15Si8. The number of rotatable bonds is 16. The number of anilines is 2. The van der Waals surface area contributed by atoms with Gasteiger partial charge in [0.2, 0.25) is 11.8 Å². The number of amides is 2. The Morgan fingerprint density at radius 3 is 0.925 bits per heavy atom. The highest BCUT2D eigenvalue weighted by Gasteiger charge is 2.88. The van der Waals surface area contributed by atoms with E-state index in [1.165, 1.54) is 0 Å². The zero-order chi connectivity index (χ0) is 54.3. The van der Waals surface area contributed by atoms with E-state index in [9.17, 15) is 9.59 Å². The molecule has 0 radical (unpaired) electrons. The first-order valence-electron chi connectivity index (χ1n) is 31.6. The van der Waals surface area contributed by atoms with Crippen LogP contribution in [0, 0.1) is 0 Å². The molecule has 13 fully saturated rings. The number of aromatic nitrogens is 1. The Balaban J connectivity index is 0.939. The van der Waals surface area contributed by atoms with Crippen LogP contribution in [-0.4, -0.2) is 87.2 Å². The lowest BCUT2D eigenvalue weighted by atomic mass is 10.2. The summed E-state index contributed by atoms with van der Waals surface area (Å²) in [6, 6.07) is 12.1. The molecule has 15 rings (SSSR count). The quantitative estimate of drug-likeness (QED) is 0.151. The molecule has 18 nitrogen and oxygen atoms in total. The fraction of sp³-hybridized carbons (Fsp3) is 0.759. The molecule has 1 aromatic heterocycles. The molecule has 0 atom stereocenters. The van der Waals surface area contributed by atoms with Gasteiger partial charge in [0.05, 0.1) is 0 Å². The Labute approximate surface area is 481 Å². The maximum absolute atomic E-state index is 12.5. The van der Waals surface area contributed by atoms with Crippen molar-refractivity contribution in [1.29, 1.82) is 0 Å². The summed E-state index contributed by atoms with van der Waals surface area (Å²) in [6.07, 6.45) is 28.3. The van der Waals surface area contributed by atoms with E-state index in [4.69, 9.17) is 54.1 Å². The Bertz CT molecular complexity index is 2380. The highest BCUT2D eigenvalue weighted by Crippen LogP contribution is 2.66. The summed E-state index contributed by atoms with van der Waals surface area (Å²) in [7, 11) is -32.7. The van der Waals surface area contributed by atoms with Gasteiger partial charge in [-0.3, -0.25) is 9.59 Å². The van der Waals surface area contributed by atoms with E-state index in [-0.39, 0.29) is 70.1 Å². The molecule has 7 heterocycles. The second-order valence-electron chi connectivity index (χ2n) is 25.7. The van der Waals surface area contributed by atoms with Gasteiger partial charge in [0.25, 0.3) is 0 Å². The third-order valence-electron chi connectivity index (χ3n) is 20.3. The third kappa shape index (κ3) is 10.3. The molecule has 438 valence electrons. The molecule has 7 aliphatic carbocycles.